The molecule has 0 nitrogen and oxygen atoms in total. The monoisotopic (exact) mass is 373 g/mol. The average Bonchev–Trinajstić information content (AvgIpc) is 1.82. The van der Waals surface area contributed by atoms with E-state index in [9.17, 15) is 0 Å². The van der Waals surface area contributed by atoms with Crippen LogP contribution in [0.2, 0.25) is 5.02 Å². The summed E-state index contributed by atoms with van der Waals surface area (Å²) in [5.41, 5.74) is 1.14. The average molecular weight is 376 g/mol. The lowest BCUT2D eigenvalue weighted by molar-refractivity contribution is 1.10. The van der Waals surface area contributed by atoms with Gasteiger partial charge in [0.15, 0.2) is 0 Å². The van der Waals surface area contributed by atoms with Gasteiger partial charge in [0, 0.05) is 17.5 Å². The fourth-order valence-corrected chi connectivity index (χ4v) is 2.00. The van der Waals surface area contributed by atoms with Crippen molar-refractivity contribution in [1.82, 2.24) is 0 Å². The number of hydrogen-bond acceptors (Lipinski definition) is 0. The van der Waals surface area contributed by atoms with E-state index in [0.29, 0.717) is 5.02 Å². The van der Waals surface area contributed by atoms with E-state index < -0.39 is 0 Å². The van der Waals surface area contributed by atoms with Crippen molar-refractivity contribution in [3.8, 4) is 0 Å². The van der Waals surface area contributed by atoms with Crippen molar-refractivity contribution < 1.29 is 0 Å². The summed E-state index contributed by atoms with van der Waals surface area (Å²) in [4.78, 5) is 0. The Morgan fingerprint density at radius 3 is 2.58 bits per heavy atom. The first kappa shape index (κ1) is 11.0. The summed E-state index contributed by atoms with van der Waals surface area (Å²) < 4.78 is -0.238. The number of alkyl halides is 3. The van der Waals surface area contributed by atoms with Crippen molar-refractivity contribution in [3.63, 3.8) is 0 Å². The predicted octanol–water partition coefficient (Wildman–Crippen LogP) is 4.52. The standard InChI is InChI=1S/C8H5Br3Cl/c9-8(10,11)5-6-2-1-3-7(12)4-6/h1-2,4H,5H2. The second-order valence-electron chi connectivity index (χ2n) is 2.34. The van der Waals surface area contributed by atoms with E-state index in [1.54, 1.807) is 0 Å². The summed E-state index contributed by atoms with van der Waals surface area (Å²) >= 11 is 16.0. The first-order valence-electron chi connectivity index (χ1n) is 3.20. The molecule has 0 saturated heterocycles. The van der Waals surface area contributed by atoms with E-state index >= 15 is 0 Å². The van der Waals surface area contributed by atoms with Crippen LogP contribution in [0.3, 0.4) is 0 Å². The Labute approximate surface area is 102 Å². The Kier molecular flexibility index (Phi) is 4.09. The highest BCUT2D eigenvalue weighted by Crippen LogP contribution is 2.37. The Balaban J connectivity index is 2.77. The van der Waals surface area contributed by atoms with Crippen molar-refractivity contribution in [1.29, 1.82) is 0 Å². The van der Waals surface area contributed by atoms with Crippen molar-refractivity contribution in [3.05, 3.63) is 34.9 Å². The minimum absolute atomic E-state index is 0.238. The van der Waals surface area contributed by atoms with Gasteiger partial charge in [0.1, 0.15) is 2.14 Å². The van der Waals surface area contributed by atoms with E-state index in [2.05, 4.69) is 53.9 Å². The zero-order chi connectivity index (χ0) is 9.19. The molecule has 1 rings (SSSR count). The molecule has 65 valence electrons. The highest BCUT2D eigenvalue weighted by atomic mass is 80.0. The molecule has 1 radical (unpaired) electrons. The summed E-state index contributed by atoms with van der Waals surface area (Å²) in [6, 6.07) is 8.56. The van der Waals surface area contributed by atoms with Gasteiger partial charge in [-0.2, -0.15) is 0 Å². The van der Waals surface area contributed by atoms with Crippen molar-refractivity contribution in [2.75, 3.05) is 0 Å². The quantitative estimate of drug-likeness (QED) is 0.633. The largest absolute Gasteiger partial charge is 0.139 e. The second-order valence-corrected chi connectivity index (χ2v) is 10.00. The minimum atomic E-state index is -0.238. The summed E-state index contributed by atoms with van der Waals surface area (Å²) in [6.07, 6.45) is 0.807. The number of benzene rings is 1. The number of halogens is 4. The van der Waals surface area contributed by atoms with E-state index in [1.165, 1.54) is 0 Å². The van der Waals surface area contributed by atoms with Crippen LogP contribution in [-0.4, -0.2) is 2.14 Å². The third-order valence-corrected chi connectivity index (χ3v) is 2.29. The van der Waals surface area contributed by atoms with Crippen molar-refractivity contribution in [2.24, 2.45) is 0 Å². The second kappa shape index (κ2) is 4.45. The molecule has 0 aliphatic carbocycles. The van der Waals surface area contributed by atoms with Crippen LogP contribution in [0.5, 0.6) is 0 Å². The summed E-state index contributed by atoms with van der Waals surface area (Å²) in [7, 11) is 0. The zero-order valence-electron chi connectivity index (χ0n) is 5.95. The Hall–Kier alpha value is 0.950. The lowest BCUT2D eigenvalue weighted by Gasteiger charge is -2.11. The molecule has 0 amide bonds. The van der Waals surface area contributed by atoms with Crippen molar-refractivity contribution in [2.45, 2.75) is 8.56 Å². The molecular weight excluding hydrogens is 371 g/mol. The van der Waals surface area contributed by atoms with Gasteiger partial charge in [0.25, 0.3) is 0 Å². The molecule has 0 aliphatic heterocycles. The molecule has 0 bridgehead atoms. The van der Waals surface area contributed by atoms with Crippen molar-refractivity contribution >= 4 is 59.4 Å². The molecule has 4 heteroatoms. The van der Waals surface area contributed by atoms with Gasteiger partial charge in [-0.25, -0.2) is 0 Å². The summed E-state index contributed by atoms with van der Waals surface area (Å²) in [6.45, 7) is 0. The molecule has 0 aromatic heterocycles. The van der Waals surface area contributed by atoms with Gasteiger partial charge in [0.05, 0.1) is 0 Å². The first-order chi connectivity index (χ1) is 5.47. The molecule has 0 unspecified atom stereocenters. The smallest absolute Gasteiger partial charge is 0.0837 e. The molecule has 0 N–H and O–H groups in total. The molecule has 12 heavy (non-hydrogen) atoms. The fourth-order valence-electron chi connectivity index (χ4n) is 0.822. The first-order valence-corrected chi connectivity index (χ1v) is 5.96. The van der Waals surface area contributed by atoms with Crippen LogP contribution in [-0.2, 0) is 6.42 Å². The van der Waals surface area contributed by atoms with Gasteiger partial charge in [-0.15, -0.1) is 0 Å². The summed E-state index contributed by atoms with van der Waals surface area (Å²) in [5.74, 6) is 0. The van der Waals surface area contributed by atoms with Crippen LogP contribution < -0.4 is 0 Å². The molecule has 1 aromatic rings. The van der Waals surface area contributed by atoms with E-state index in [4.69, 9.17) is 11.6 Å². The Bertz CT molecular complexity index is 267. The molecular formula is C8H5Br3Cl. The van der Waals surface area contributed by atoms with E-state index in [1.807, 2.05) is 18.2 Å². The molecule has 0 heterocycles. The SMILES string of the molecule is Clc1[c]ccc(CC(Br)(Br)Br)c1. The molecule has 0 saturated carbocycles. The van der Waals surface area contributed by atoms with Crippen LogP contribution in [0.15, 0.2) is 18.2 Å². The molecule has 0 fully saturated rings. The number of hydrogen-bond donors (Lipinski definition) is 0. The van der Waals surface area contributed by atoms with Gasteiger partial charge < -0.3 is 0 Å². The van der Waals surface area contributed by atoms with Crippen LogP contribution in [0, 0.1) is 6.07 Å². The fraction of sp³-hybridized carbons (Fsp3) is 0.250. The lowest BCUT2D eigenvalue weighted by Crippen LogP contribution is -2.03. The summed E-state index contributed by atoms with van der Waals surface area (Å²) in [5, 5.41) is 0.643. The topological polar surface area (TPSA) is 0 Å². The van der Waals surface area contributed by atoms with Gasteiger partial charge in [0.2, 0.25) is 0 Å². The van der Waals surface area contributed by atoms with Crippen LogP contribution in [0.1, 0.15) is 5.56 Å². The molecule has 0 aliphatic rings. The Morgan fingerprint density at radius 1 is 1.42 bits per heavy atom. The Morgan fingerprint density at radius 2 is 2.08 bits per heavy atom. The zero-order valence-corrected chi connectivity index (χ0v) is 11.5. The predicted molar refractivity (Wildman–Crippen MR) is 63.5 cm³/mol. The van der Waals surface area contributed by atoms with Crippen LogP contribution >= 0.6 is 59.4 Å². The number of rotatable bonds is 1. The van der Waals surface area contributed by atoms with Gasteiger partial charge in [-0.3, -0.25) is 0 Å². The van der Waals surface area contributed by atoms with Crippen LogP contribution in [0.25, 0.3) is 0 Å². The highest BCUT2D eigenvalue weighted by Gasteiger charge is 2.17. The van der Waals surface area contributed by atoms with E-state index in [-0.39, 0.29) is 2.14 Å². The van der Waals surface area contributed by atoms with Crippen LogP contribution in [0.4, 0.5) is 0 Å². The minimum Gasteiger partial charge on any atom is -0.0837 e. The lowest BCUT2D eigenvalue weighted by atomic mass is 10.2. The molecule has 1 aromatic carbocycles. The maximum atomic E-state index is 5.77. The molecule has 0 atom stereocenters. The third kappa shape index (κ3) is 4.26. The maximum absolute atomic E-state index is 5.77. The highest BCUT2D eigenvalue weighted by molar-refractivity contribution is 9.39. The normalized spacial score (nSPS) is 11.7. The van der Waals surface area contributed by atoms with Gasteiger partial charge in [-0.05, 0) is 11.6 Å². The van der Waals surface area contributed by atoms with E-state index in [0.717, 1.165) is 12.0 Å². The van der Waals surface area contributed by atoms with Gasteiger partial charge in [-0.1, -0.05) is 71.5 Å². The van der Waals surface area contributed by atoms with Gasteiger partial charge >= 0.3 is 0 Å². The maximum Gasteiger partial charge on any atom is 0.139 e. The third-order valence-electron chi connectivity index (χ3n) is 1.24. The molecule has 0 spiro atoms.